The molecule has 4 aromatic heterocycles. The van der Waals surface area contributed by atoms with Crippen LogP contribution >= 0.6 is 75.4 Å². The highest BCUT2D eigenvalue weighted by atomic mass is 35.5. The van der Waals surface area contributed by atoms with Gasteiger partial charge in [-0.25, -0.2) is 29.9 Å². The van der Waals surface area contributed by atoms with E-state index in [1.165, 1.54) is 21.8 Å². The fourth-order valence-corrected chi connectivity index (χ4v) is 15.0. The van der Waals surface area contributed by atoms with E-state index in [1.54, 1.807) is 12.5 Å². The van der Waals surface area contributed by atoms with Gasteiger partial charge in [-0.15, -0.1) is 0 Å². The molecule has 0 radical (unpaired) electrons. The fraction of sp³-hybridized carbons (Fsp3) is 0.565. The number of fused-ring (bicyclic) bond motifs is 2. The molecule has 0 bridgehead atoms. The molecule has 6 heterocycles. The Labute approximate surface area is 359 Å². The molecular weight excluding hydrogens is 995 g/mol. The number of anilines is 2. The Bertz CT molecular complexity index is 2280. The van der Waals surface area contributed by atoms with Crippen LogP contribution in [-0.2, 0) is 64.9 Å². The van der Waals surface area contributed by atoms with E-state index in [0.717, 1.165) is 23.5 Å². The number of nitrogen functional groups attached to an aromatic ring is 2. The van der Waals surface area contributed by atoms with Crippen molar-refractivity contribution < 1.29 is 75.9 Å². The maximum atomic E-state index is 13.0. The number of rotatable bonds is 16. The Morgan fingerprint density at radius 1 is 0.797 bits per heavy atom. The maximum absolute atomic E-state index is 13.0. The number of aliphatic hydroxyl groups is 4. The quantitative estimate of drug-likeness (QED) is 0.0258. The van der Waals surface area contributed by atoms with E-state index >= 15 is 0 Å². The highest BCUT2D eigenvalue weighted by Gasteiger charge is 2.52. The number of nitrogens with two attached hydrogens (primary N) is 2. The lowest BCUT2D eigenvalue weighted by atomic mass is 10.1. The molecule has 2 aliphatic heterocycles. The summed E-state index contributed by atoms with van der Waals surface area (Å²) in [5, 5.41) is 43.2. The molecule has 4 unspecified atom stereocenters. The van der Waals surface area contributed by atoms with Gasteiger partial charge in [-0.3, -0.25) is 22.3 Å². The molecule has 2 fully saturated rings. The molecule has 36 heteroatoms. The predicted octanol–water partition coefficient (Wildman–Crippen LogP) is -0.985. The SMILES string of the molecule is CSc1nc(N)c2ncn([C@@H]3O[C@H](COP(=O)([S-])OP(=O)([O-])C(Cl)(Cl)P(=O)([O-])OP([O-])(=S)OC[C@H]4O[C@@H](n5cnc6c(N)nc(SC)nc65)[C@H](O)[C@@H]4O)[C@@H](O)[C@H]3O)c2n1. The first-order valence-electron chi connectivity index (χ1n) is 15.8. The van der Waals surface area contributed by atoms with Crippen LogP contribution in [0.3, 0.4) is 0 Å². The molecule has 328 valence electrons. The van der Waals surface area contributed by atoms with Gasteiger partial charge in [0.1, 0.15) is 54.4 Å². The molecule has 2 saturated heterocycles. The highest BCUT2D eigenvalue weighted by molar-refractivity contribution is 8.33. The third kappa shape index (κ3) is 9.52. The van der Waals surface area contributed by atoms with Crippen molar-refractivity contribution in [1.29, 1.82) is 0 Å². The minimum Gasteiger partial charge on any atom is -0.779 e. The first-order valence-corrected chi connectivity index (χ1v) is 27.2. The van der Waals surface area contributed by atoms with Gasteiger partial charge < -0.3 is 86.5 Å². The lowest BCUT2D eigenvalue weighted by molar-refractivity contribution is -0.222. The summed E-state index contributed by atoms with van der Waals surface area (Å²) >= 11 is 22.7. The number of aliphatic hydroxyl groups excluding tert-OH is 4. The van der Waals surface area contributed by atoms with E-state index in [-0.39, 0.29) is 44.3 Å². The number of hydrogen-bond donors (Lipinski definition) is 6. The van der Waals surface area contributed by atoms with Crippen LogP contribution in [-0.4, -0.2) is 126 Å². The van der Waals surface area contributed by atoms with Gasteiger partial charge in [-0.05, 0) is 12.5 Å². The Morgan fingerprint density at radius 2 is 1.20 bits per heavy atom. The number of alkyl halides is 2. The van der Waals surface area contributed by atoms with Crippen LogP contribution < -0.4 is 26.1 Å². The lowest BCUT2D eigenvalue weighted by Gasteiger charge is -2.46. The summed E-state index contributed by atoms with van der Waals surface area (Å²) in [5.41, 5.74) is 12.3. The topological polar surface area (TPSA) is 396 Å². The van der Waals surface area contributed by atoms with Gasteiger partial charge in [-0.1, -0.05) is 58.5 Å². The van der Waals surface area contributed by atoms with E-state index in [0.29, 0.717) is 0 Å². The van der Waals surface area contributed by atoms with Gasteiger partial charge in [0.15, 0.2) is 60.9 Å². The minimum absolute atomic E-state index is 0.00427. The number of halogens is 2. The van der Waals surface area contributed by atoms with Gasteiger partial charge in [0.25, 0.3) is 0 Å². The summed E-state index contributed by atoms with van der Waals surface area (Å²) in [6, 6.07) is 0. The average molecular weight is 1020 g/mol. The number of aromatic nitrogens is 8. The van der Waals surface area contributed by atoms with Crippen molar-refractivity contribution in [2.24, 2.45) is 0 Å². The lowest BCUT2D eigenvalue weighted by Crippen LogP contribution is -2.34. The maximum Gasteiger partial charge on any atom is 0.244 e. The van der Waals surface area contributed by atoms with Crippen LogP contribution in [0.2, 0.25) is 0 Å². The Hall–Kier alpha value is -0.850. The third-order valence-electron chi connectivity index (χ3n) is 8.31. The normalized spacial score (nSPS) is 29.4. The molecule has 6 rings (SSSR count). The van der Waals surface area contributed by atoms with Crippen molar-refractivity contribution in [3.05, 3.63) is 12.7 Å². The van der Waals surface area contributed by atoms with Crippen molar-refractivity contribution >= 4 is 133 Å². The van der Waals surface area contributed by atoms with Gasteiger partial charge in [0.2, 0.25) is 10.6 Å². The molecule has 0 aromatic carbocycles. The van der Waals surface area contributed by atoms with Crippen molar-refractivity contribution in [2.75, 3.05) is 37.2 Å². The molecule has 4 aromatic rings. The second kappa shape index (κ2) is 17.6. The summed E-state index contributed by atoms with van der Waals surface area (Å²) in [6.45, 7) is -12.8. The molecule has 59 heavy (non-hydrogen) atoms. The fourth-order valence-electron chi connectivity index (χ4n) is 5.47. The number of hydrogen-bond acceptors (Lipinski definition) is 28. The molecule has 0 saturated carbocycles. The Balaban J connectivity index is 1.07. The van der Waals surface area contributed by atoms with Crippen molar-refractivity contribution in [3.63, 3.8) is 0 Å². The zero-order chi connectivity index (χ0) is 43.6. The van der Waals surface area contributed by atoms with Gasteiger partial charge in [0, 0.05) is 0 Å². The van der Waals surface area contributed by atoms with E-state index in [1.807, 2.05) is 0 Å². The van der Waals surface area contributed by atoms with E-state index < -0.39 is 94.8 Å². The van der Waals surface area contributed by atoms with Crippen molar-refractivity contribution in [3.8, 4) is 0 Å². The first-order chi connectivity index (χ1) is 27.3. The zero-order valence-electron chi connectivity index (χ0n) is 29.3. The molecule has 26 nitrogen and oxygen atoms in total. The molecule has 12 atom stereocenters. The number of thioether (sulfide) groups is 2. The second-order valence-electron chi connectivity index (χ2n) is 12.1. The van der Waals surface area contributed by atoms with E-state index in [4.69, 9.17) is 53.2 Å². The number of nitrogens with zero attached hydrogens (tertiary/aromatic N) is 8. The molecular formula is C23H28Cl2N10O16P4S4-4. The minimum atomic E-state index is -6.48. The van der Waals surface area contributed by atoms with Crippen LogP contribution in [0.5, 0.6) is 0 Å². The van der Waals surface area contributed by atoms with Crippen LogP contribution in [0.4, 0.5) is 11.6 Å². The monoisotopic (exact) mass is 1020 g/mol. The van der Waals surface area contributed by atoms with Crippen LogP contribution in [0.1, 0.15) is 12.5 Å². The number of imidazole rings is 2. The Kier molecular flexibility index (Phi) is 14.2. The van der Waals surface area contributed by atoms with Gasteiger partial charge in [0.05, 0.1) is 25.9 Å². The highest BCUT2D eigenvalue weighted by Crippen LogP contribution is 2.80. The van der Waals surface area contributed by atoms with E-state index in [2.05, 4.69) is 62.6 Å². The third-order valence-corrected chi connectivity index (χ3v) is 20.8. The number of ether oxygens (including phenoxy) is 2. The smallest absolute Gasteiger partial charge is 0.244 e. The summed E-state index contributed by atoms with van der Waals surface area (Å²) in [4.78, 5) is 63.8. The van der Waals surface area contributed by atoms with Crippen LogP contribution in [0.25, 0.3) is 22.3 Å². The largest absolute Gasteiger partial charge is 0.779 e. The summed E-state index contributed by atoms with van der Waals surface area (Å²) in [7, 11) is -13.0. The molecule has 0 amide bonds. The zero-order valence-corrected chi connectivity index (χ0v) is 37.6. The summed E-state index contributed by atoms with van der Waals surface area (Å²) in [6.07, 6.45) is -7.26. The van der Waals surface area contributed by atoms with E-state index in [9.17, 15) is 48.8 Å². The Morgan fingerprint density at radius 3 is 1.63 bits per heavy atom. The summed E-state index contributed by atoms with van der Waals surface area (Å²) < 4.78 is 66.7. The predicted molar refractivity (Wildman–Crippen MR) is 208 cm³/mol. The summed E-state index contributed by atoms with van der Waals surface area (Å²) in [5.74, 6) is 0.00853. The van der Waals surface area contributed by atoms with Crippen molar-refractivity contribution in [1.82, 2.24) is 39.0 Å². The second-order valence-corrected chi connectivity index (χ2v) is 26.0. The van der Waals surface area contributed by atoms with Gasteiger partial charge in [-0.2, -0.15) is 0 Å². The standard InChI is InChI=1S/C23H32Cl2N10O16P4S4/c1-58-21-30-15(26)9-17(32-21)34(5-28-9)19-13(38)11(36)7(48-19)3-46-54(44,56)50-52(40,41)23(24,25)53(42,43)51-55(45,57)47-4-8-12(37)14(39)20(49-8)35-6-29-10-16(27)31-22(59-2)33-18(10)35/h5-8,11-14,19-20,36-39H,3-4H2,1-2H3,(H,40,41)(H,42,43)(H,44,56)(H,45,57)(H2,26,30,32)(H2,27,31,33)/p-4/t7-,8-,11-,12-,13-,14-,19-,20-,54?,55?/m1/s1. The average Bonchev–Trinajstić information content (AvgIpc) is 3.90. The molecule has 0 aliphatic carbocycles. The van der Waals surface area contributed by atoms with Crippen molar-refractivity contribution in [2.45, 2.75) is 63.2 Å². The molecule has 8 N–H and O–H groups in total. The van der Waals surface area contributed by atoms with Crippen LogP contribution in [0, 0.1) is 0 Å². The molecule has 2 aliphatic rings. The van der Waals surface area contributed by atoms with Gasteiger partial charge >= 0.3 is 0 Å². The molecule has 0 spiro atoms. The van der Waals surface area contributed by atoms with Crippen LogP contribution in [0.15, 0.2) is 23.0 Å². The first kappa shape index (κ1) is 47.6.